The largest absolute Gasteiger partial charge is 0.338 e. The first-order chi connectivity index (χ1) is 10.3. The van der Waals surface area contributed by atoms with Crippen molar-refractivity contribution < 1.29 is 4.79 Å². The van der Waals surface area contributed by atoms with Crippen molar-refractivity contribution in [1.29, 1.82) is 0 Å². The summed E-state index contributed by atoms with van der Waals surface area (Å²) in [4.78, 5) is 14.4. The van der Waals surface area contributed by atoms with E-state index in [4.69, 9.17) is 0 Å². The van der Waals surface area contributed by atoms with Gasteiger partial charge in [-0.15, -0.1) is 11.8 Å². The Kier molecular flexibility index (Phi) is 4.86. The number of nitrogens with one attached hydrogen (secondary N) is 1. The summed E-state index contributed by atoms with van der Waals surface area (Å²) < 4.78 is 0. The second-order valence-electron chi connectivity index (χ2n) is 6.02. The van der Waals surface area contributed by atoms with Crippen molar-refractivity contribution in [1.82, 2.24) is 10.2 Å². The minimum Gasteiger partial charge on any atom is -0.338 e. The van der Waals surface area contributed by atoms with Crippen LogP contribution in [0.3, 0.4) is 0 Å². The summed E-state index contributed by atoms with van der Waals surface area (Å²) >= 11 is 1.84. The zero-order valence-electron chi connectivity index (χ0n) is 12.7. The molecule has 0 spiro atoms. The molecular weight excluding hydrogens is 280 g/mol. The molecule has 0 radical (unpaired) electrons. The van der Waals surface area contributed by atoms with Crippen LogP contribution < -0.4 is 5.32 Å². The predicted octanol–water partition coefficient (Wildman–Crippen LogP) is 2.62. The maximum atomic E-state index is 12.5. The van der Waals surface area contributed by atoms with Gasteiger partial charge in [0.15, 0.2) is 0 Å². The summed E-state index contributed by atoms with van der Waals surface area (Å²) in [5.41, 5.74) is 2.76. The van der Waals surface area contributed by atoms with Crippen molar-refractivity contribution in [3.05, 3.63) is 35.4 Å². The Balaban J connectivity index is 1.55. The van der Waals surface area contributed by atoms with Gasteiger partial charge in [-0.25, -0.2) is 0 Å². The van der Waals surface area contributed by atoms with Crippen LogP contribution in [0.5, 0.6) is 0 Å². The molecule has 1 aliphatic carbocycles. The van der Waals surface area contributed by atoms with E-state index in [9.17, 15) is 4.79 Å². The molecule has 114 valence electrons. The van der Waals surface area contributed by atoms with Gasteiger partial charge in [0, 0.05) is 12.3 Å². The van der Waals surface area contributed by atoms with Gasteiger partial charge >= 0.3 is 0 Å². The molecule has 1 N–H and O–H groups in total. The molecule has 1 fully saturated rings. The molecule has 1 amide bonds. The Morgan fingerprint density at radius 1 is 1.29 bits per heavy atom. The van der Waals surface area contributed by atoms with Gasteiger partial charge in [0.1, 0.15) is 0 Å². The van der Waals surface area contributed by atoms with E-state index in [1.807, 2.05) is 23.7 Å². The van der Waals surface area contributed by atoms with E-state index < -0.39 is 0 Å². The normalized spacial score (nSPS) is 22.0. The van der Waals surface area contributed by atoms with Crippen LogP contribution >= 0.6 is 11.8 Å². The van der Waals surface area contributed by atoms with Gasteiger partial charge in [-0.05, 0) is 49.9 Å². The van der Waals surface area contributed by atoms with Crippen LogP contribution in [0.15, 0.2) is 24.3 Å². The maximum absolute atomic E-state index is 12.5. The van der Waals surface area contributed by atoms with E-state index in [2.05, 4.69) is 29.6 Å². The van der Waals surface area contributed by atoms with Gasteiger partial charge in [-0.2, -0.15) is 0 Å². The van der Waals surface area contributed by atoms with Crippen LogP contribution in [0.2, 0.25) is 0 Å². The quantitative estimate of drug-likeness (QED) is 0.928. The summed E-state index contributed by atoms with van der Waals surface area (Å²) in [6, 6.07) is 8.82. The number of hydrogen-bond acceptors (Lipinski definition) is 3. The molecule has 1 atom stereocenters. The summed E-state index contributed by atoms with van der Waals surface area (Å²) in [6.07, 6.45) is 4.54. The highest BCUT2D eigenvalue weighted by atomic mass is 32.2. The molecule has 0 bridgehead atoms. The minimum atomic E-state index is 0.278. The molecule has 0 aromatic heterocycles. The van der Waals surface area contributed by atoms with Gasteiger partial charge in [0.25, 0.3) is 0 Å². The lowest BCUT2D eigenvalue weighted by molar-refractivity contribution is -0.129. The highest BCUT2D eigenvalue weighted by Crippen LogP contribution is 2.35. The average molecular weight is 304 g/mol. The molecular formula is C17H24N2OS. The van der Waals surface area contributed by atoms with Crippen LogP contribution in [0.4, 0.5) is 0 Å². The van der Waals surface area contributed by atoms with Crippen molar-refractivity contribution in [3.63, 3.8) is 0 Å². The first-order valence-electron chi connectivity index (χ1n) is 7.91. The van der Waals surface area contributed by atoms with Crippen LogP contribution in [-0.2, 0) is 11.2 Å². The summed E-state index contributed by atoms with van der Waals surface area (Å²) in [5, 5.41) is 4.02. The van der Waals surface area contributed by atoms with E-state index in [1.54, 1.807) is 0 Å². The molecule has 1 aromatic rings. The number of piperidine rings is 1. The van der Waals surface area contributed by atoms with E-state index in [1.165, 1.54) is 24.0 Å². The van der Waals surface area contributed by atoms with E-state index in [0.717, 1.165) is 25.9 Å². The Hall–Kier alpha value is -1.00. The minimum absolute atomic E-state index is 0.278. The third-order valence-electron chi connectivity index (χ3n) is 4.69. The van der Waals surface area contributed by atoms with E-state index in [-0.39, 0.29) is 11.9 Å². The second kappa shape index (κ2) is 6.84. The molecule has 1 saturated heterocycles. The van der Waals surface area contributed by atoms with Crippen molar-refractivity contribution >= 4 is 17.7 Å². The third kappa shape index (κ3) is 3.43. The number of carbonyl (C=O) groups excluding carboxylic acids is 1. The number of rotatable bonds is 4. The zero-order chi connectivity index (χ0) is 14.7. The molecule has 1 unspecified atom stereocenters. The lowest BCUT2D eigenvalue weighted by atomic mass is 10.1. The van der Waals surface area contributed by atoms with Crippen molar-refractivity contribution in [3.8, 4) is 0 Å². The summed E-state index contributed by atoms with van der Waals surface area (Å²) in [5.74, 6) is 0.903. The number of fused-ring (bicyclic) bond motifs is 1. The van der Waals surface area contributed by atoms with Crippen LogP contribution in [0, 0.1) is 0 Å². The molecule has 2 aliphatic rings. The standard InChI is InChI=1S/C17H24N2OS/c1-19(16-7-6-13-4-2-3-5-15(13)16)17(20)12-21-14-8-10-18-11-9-14/h2-5,14,16,18H,6-12H2,1H3. The van der Waals surface area contributed by atoms with E-state index in [0.29, 0.717) is 11.0 Å². The fourth-order valence-corrected chi connectivity index (χ4v) is 4.51. The molecule has 1 aromatic carbocycles. The first kappa shape index (κ1) is 14.9. The smallest absolute Gasteiger partial charge is 0.232 e. The molecule has 1 heterocycles. The van der Waals surface area contributed by atoms with Crippen molar-refractivity contribution in [2.75, 3.05) is 25.9 Å². The van der Waals surface area contributed by atoms with Crippen molar-refractivity contribution in [2.24, 2.45) is 0 Å². The summed E-state index contributed by atoms with van der Waals surface area (Å²) in [7, 11) is 1.97. The Morgan fingerprint density at radius 3 is 2.86 bits per heavy atom. The molecule has 21 heavy (non-hydrogen) atoms. The van der Waals surface area contributed by atoms with Gasteiger partial charge < -0.3 is 10.2 Å². The zero-order valence-corrected chi connectivity index (χ0v) is 13.5. The Bertz CT molecular complexity index is 499. The molecule has 0 saturated carbocycles. The Morgan fingerprint density at radius 2 is 2.05 bits per heavy atom. The monoisotopic (exact) mass is 304 g/mol. The van der Waals surface area contributed by atoms with Gasteiger partial charge in [0.05, 0.1) is 11.8 Å². The highest BCUT2D eigenvalue weighted by Gasteiger charge is 2.28. The molecule has 3 nitrogen and oxygen atoms in total. The van der Waals surface area contributed by atoms with Crippen LogP contribution in [-0.4, -0.2) is 41.9 Å². The van der Waals surface area contributed by atoms with E-state index >= 15 is 0 Å². The SMILES string of the molecule is CN(C(=O)CSC1CCNCC1)C1CCc2ccccc21. The number of hydrogen-bond donors (Lipinski definition) is 1. The van der Waals surface area contributed by atoms with Crippen LogP contribution in [0.25, 0.3) is 0 Å². The average Bonchev–Trinajstić information content (AvgIpc) is 2.97. The summed E-state index contributed by atoms with van der Waals surface area (Å²) in [6.45, 7) is 2.19. The topological polar surface area (TPSA) is 32.3 Å². The van der Waals surface area contributed by atoms with Gasteiger partial charge in [-0.1, -0.05) is 24.3 Å². The van der Waals surface area contributed by atoms with Crippen molar-refractivity contribution in [2.45, 2.75) is 37.0 Å². The maximum Gasteiger partial charge on any atom is 0.232 e. The number of carbonyl (C=O) groups is 1. The number of benzene rings is 1. The Labute approximate surface area is 131 Å². The lowest BCUT2D eigenvalue weighted by Gasteiger charge is -2.27. The fraction of sp³-hybridized carbons (Fsp3) is 0.588. The third-order valence-corrected chi connectivity index (χ3v) is 6.05. The second-order valence-corrected chi connectivity index (χ2v) is 7.31. The highest BCUT2D eigenvalue weighted by molar-refractivity contribution is 8.00. The molecule has 3 rings (SSSR count). The number of aryl methyl sites for hydroxylation is 1. The predicted molar refractivity (Wildman–Crippen MR) is 88.6 cm³/mol. The van der Waals surface area contributed by atoms with Crippen LogP contribution in [0.1, 0.15) is 36.4 Å². The first-order valence-corrected chi connectivity index (χ1v) is 8.96. The fourth-order valence-electron chi connectivity index (χ4n) is 3.36. The van der Waals surface area contributed by atoms with Gasteiger partial charge in [0.2, 0.25) is 5.91 Å². The molecule has 1 aliphatic heterocycles. The number of thioether (sulfide) groups is 1. The van der Waals surface area contributed by atoms with Gasteiger partial charge in [-0.3, -0.25) is 4.79 Å². The lowest BCUT2D eigenvalue weighted by Crippen LogP contribution is -2.33. The number of nitrogens with zero attached hydrogens (tertiary/aromatic N) is 1. The molecule has 4 heteroatoms. The number of amides is 1.